The van der Waals surface area contributed by atoms with Gasteiger partial charge in [0, 0.05) is 26.2 Å². The Morgan fingerprint density at radius 1 is 1.29 bits per heavy atom. The standard InChI is InChI=1S/C12H24N2O2S/c1-2-12(4-3-5-13-10-12)11-14-6-8-17(15,16)9-7-14/h13H,2-11H2,1H3. The average Bonchev–Trinajstić information content (AvgIpc) is 2.33. The van der Waals surface area contributed by atoms with Crippen LogP contribution in [0.15, 0.2) is 0 Å². The lowest BCUT2D eigenvalue weighted by atomic mass is 9.78. The van der Waals surface area contributed by atoms with Crippen molar-refractivity contribution >= 4 is 9.84 Å². The van der Waals surface area contributed by atoms with Gasteiger partial charge in [0.15, 0.2) is 9.84 Å². The molecule has 2 saturated heterocycles. The molecule has 2 heterocycles. The molecule has 0 aromatic heterocycles. The third-order valence-corrected chi connectivity index (χ3v) is 5.92. The van der Waals surface area contributed by atoms with Crippen LogP contribution in [0.25, 0.3) is 0 Å². The number of rotatable bonds is 3. The van der Waals surface area contributed by atoms with E-state index in [1.807, 2.05) is 0 Å². The zero-order chi connectivity index (χ0) is 12.4. The van der Waals surface area contributed by atoms with E-state index >= 15 is 0 Å². The predicted molar refractivity (Wildman–Crippen MR) is 69.9 cm³/mol. The smallest absolute Gasteiger partial charge is 0.152 e. The van der Waals surface area contributed by atoms with Gasteiger partial charge in [-0.05, 0) is 31.2 Å². The van der Waals surface area contributed by atoms with E-state index in [9.17, 15) is 8.42 Å². The summed E-state index contributed by atoms with van der Waals surface area (Å²) in [7, 11) is -2.74. The summed E-state index contributed by atoms with van der Waals surface area (Å²) in [6.07, 6.45) is 3.71. The molecule has 1 atom stereocenters. The van der Waals surface area contributed by atoms with Gasteiger partial charge >= 0.3 is 0 Å². The van der Waals surface area contributed by atoms with Crippen LogP contribution >= 0.6 is 0 Å². The summed E-state index contributed by atoms with van der Waals surface area (Å²) >= 11 is 0. The monoisotopic (exact) mass is 260 g/mol. The molecule has 17 heavy (non-hydrogen) atoms. The van der Waals surface area contributed by atoms with Crippen molar-refractivity contribution in [3.8, 4) is 0 Å². The van der Waals surface area contributed by atoms with Crippen LogP contribution in [0.5, 0.6) is 0 Å². The van der Waals surface area contributed by atoms with Crippen LogP contribution in [-0.4, -0.2) is 57.5 Å². The van der Waals surface area contributed by atoms with Gasteiger partial charge in [0.05, 0.1) is 11.5 Å². The van der Waals surface area contributed by atoms with Crippen LogP contribution in [0.4, 0.5) is 0 Å². The number of sulfone groups is 1. The second kappa shape index (κ2) is 5.24. The van der Waals surface area contributed by atoms with Crippen LogP contribution in [0.1, 0.15) is 26.2 Å². The fourth-order valence-corrected chi connectivity index (χ4v) is 4.24. The van der Waals surface area contributed by atoms with Gasteiger partial charge in [0.25, 0.3) is 0 Å². The van der Waals surface area contributed by atoms with Crippen molar-refractivity contribution in [3.05, 3.63) is 0 Å². The number of hydrogen-bond donors (Lipinski definition) is 1. The van der Waals surface area contributed by atoms with Crippen LogP contribution in [0, 0.1) is 5.41 Å². The van der Waals surface area contributed by atoms with E-state index in [0.29, 0.717) is 16.9 Å². The molecule has 2 fully saturated rings. The Morgan fingerprint density at radius 3 is 2.53 bits per heavy atom. The summed E-state index contributed by atoms with van der Waals surface area (Å²) in [5.74, 6) is 0.695. The fourth-order valence-electron chi connectivity index (χ4n) is 2.96. The van der Waals surface area contributed by atoms with Gasteiger partial charge in [0.2, 0.25) is 0 Å². The molecule has 2 rings (SSSR count). The lowest BCUT2D eigenvalue weighted by molar-refractivity contribution is 0.117. The van der Waals surface area contributed by atoms with Crippen molar-refractivity contribution in [1.29, 1.82) is 0 Å². The minimum atomic E-state index is -2.74. The van der Waals surface area contributed by atoms with Gasteiger partial charge in [0.1, 0.15) is 0 Å². The Bertz CT molecular complexity index is 334. The highest BCUT2D eigenvalue weighted by Crippen LogP contribution is 2.31. The molecule has 4 nitrogen and oxygen atoms in total. The van der Waals surface area contributed by atoms with E-state index in [0.717, 1.165) is 32.7 Å². The summed E-state index contributed by atoms with van der Waals surface area (Å²) in [6.45, 7) is 7.00. The van der Waals surface area contributed by atoms with Crippen LogP contribution in [-0.2, 0) is 9.84 Å². The zero-order valence-corrected chi connectivity index (χ0v) is 11.6. The molecule has 0 aliphatic carbocycles. The lowest BCUT2D eigenvalue weighted by Crippen LogP contribution is -2.50. The van der Waals surface area contributed by atoms with Gasteiger partial charge in [-0.15, -0.1) is 0 Å². The van der Waals surface area contributed by atoms with Gasteiger partial charge < -0.3 is 10.2 Å². The molecule has 1 N–H and O–H groups in total. The molecule has 0 spiro atoms. The van der Waals surface area contributed by atoms with E-state index in [4.69, 9.17) is 0 Å². The summed E-state index contributed by atoms with van der Waals surface area (Å²) < 4.78 is 22.8. The maximum Gasteiger partial charge on any atom is 0.152 e. The first-order valence-electron chi connectivity index (χ1n) is 6.69. The molecule has 2 aliphatic heterocycles. The minimum absolute atomic E-state index is 0.347. The molecule has 5 heteroatoms. The van der Waals surface area contributed by atoms with Crippen molar-refractivity contribution in [3.63, 3.8) is 0 Å². The first kappa shape index (κ1) is 13.3. The van der Waals surface area contributed by atoms with Gasteiger partial charge in [-0.25, -0.2) is 8.42 Å². The fraction of sp³-hybridized carbons (Fsp3) is 1.00. The second-order valence-electron chi connectivity index (χ2n) is 5.56. The molecular formula is C12H24N2O2S. The van der Waals surface area contributed by atoms with E-state index in [1.165, 1.54) is 19.3 Å². The molecule has 0 amide bonds. The molecule has 100 valence electrons. The van der Waals surface area contributed by atoms with Gasteiger partial charge in [-0.1, -0.05) is 6.92 Å². The van der Waals surface area contributed by atoms with Crippen LogP contribution in [0.2, 0.25) is 0 Å². The maximum absolute atomic E-state index is 11.4. The highest BCUT2D eigenvalue weighted by molar-refractivity contribution is 7.91. The van der Waals surface area contributed by atoms with Crippen molar-refractivity contribution in [1.82, 2.24) is 10.2 Å². The normalized spacial score (nSPS) is 34.6. The summed E-state index contributed by atoms with van der Waals surface area (Å²) in [5, 5.41) is 3.49. The zero-order valence-electron chi connectivity index (χ0n) is 10.7. The Morgan fingerprint density at radius 2 is 2.00 bits per heavy atom. The van der Waals surface area contributed by atoms with Gasteiger partial charge in [-0.2, -0.15) is 0 Å². The predicted octanol–water partition coefficient (Wildman–Crippen LogP) is 0.497. The molecule has 0 bridgehead atoms. The lowest BCUT2D eigenvalue weighted by Gasteiger charge is -2.42. The second-order valence-corrected chi connectivity index (χ2v) is 7.87. The van der Waals surface area contributed by atoms with E-state index in [-0.39, 0.29) is 0 Å². The molecule has 0 radical (unpaired) electrons. The van der Waals surface area contributed by atoms with E-state index in [1.54, 1.807) is 0 Å². The topological polar surface area (TPSA) is 49.4 Å². The van der Waals surface area contributed by atoms with Crippen LogP contribution in [0.3, 0.4) is 0 Å². The quantitative estimate of drug-likeness (QED) is 0.803. The average molecular weight is 260 g/mol. The Hall–Kier alpha value is -0.130. The third-order valence-electron chi connectivity index (χ3n) is 4.31. The largest absolute Gasteiger partial charge is 0.316 e. The van der Waals surface area contributed by atoms with Crippen molar-refractivity contribution < 1.29 is 8.42 Å². The molecule has 0 saturated carbocycles. The summed E-state index contributed by atoms with van der Waals surface area (Å²) in [4.78, 5) is 2.34. The Labute approximate surface area is 105 Å². The summed E-state index contributed by atoms with van der Waals surface area (Å²) in [6, 6.07) is 0. The minimum Gasteiger partial charge on any atom is -0.316 e. The SMILES string of the molecule is CCC1(CN2CCS(=O)(=O)CC2)CCCNC1. The molecule has 2 aliphatic rings. The maximum atomic E-state index is 11.4. The molecule has 0 aromatic rings. The first-order valence-corrected chi connectivity index (χ1v) is 8.51. The highest BCUT2D eigenvalue weighted by atomic mass is 32.2. The number of hydrogen-bond acceptors (Lipinski definition) is 4. The van der Waals surface area contributed by atoms with Crippen molar-refractivity contribution in [2.75, 3.05) is 44.2 Å². The Balaban J connectivity index is 1.91. The third kappa shape index (κ3) is 3.42. The van der Waals surface area contributed by atoms with Crippen molar-refractivity contribution in [2.45, 2.75) is 26.2 Å². The number of nitrogens with one attached hydrogen (secondary N) is 1. The van der Waals surface area contributed by atoms with Crippen molar-refractivity contribution in [2.24, 2.45) is 5.41 Å². The molecule has 0 aromatic carbocycles. The Kier molecular flexibility index (Phi) is 4.10. The van der Waals surface area contributed by atoms with Crippen LogP contribution < -0.4 is 5.32 Å². The highest BCUT2D eigenvalue weighted by Gasteiger charge is 2.33. The van der Waals surface area contributed by atoms with E-state index in [2.05, 4.69) is 17.1 Å². The molecule has 1 unspecified atom stereocenters. The first-order chi connectivity index (χ1) is 8.05. The van der Waals surface area contributed by atoms with Gasteiger partial charge in [-0.3, -0.25) is 0 Å². The number of piperidine rings is 1. The van der Waals surface area contributed by atoms with E-state index < -0.39 is 9.84 Å². The number of nitrogens with zero attached hydrogens (tertiary/aromatic N) is 1. The summed E-state index contributed by atoms with van der Waals surface area (Å²) in [5.41, 5.74) is 0.374. The molecular weight excluding hydrogens is 236 g/mol.